The van der Waals surface area contributed by atoms with Gasteiger partial charge in [-0.2, -0.15) is 0 Å². The number of methoxy groups -OCH3 is 1. The maximum absolute atomic E-state index is 12.7. The Labute approximate surface area is 194 Å². The van der Waals surface area contributed by atoms with Crippen LogP contribution in [-0.2, 0) is 13.7 Å². The smallest absolute Gasteiger partial charge is 0.277 e. The minimum Gasteiger partial charge on any atom is -0.493 e. The quantitative estimate of drug-likeness (QED) is 0.392. The summed E-state index contributed by atoms with van der Waals surface area (Å²) < 4.78 is 18.1. The van der Waals surface area contributed by atoms with Gasteiger partial charge in [0, 0.05) is 30.3 Å². The van der Waals surface area contributed by atoms with Crippen molar-refractivity contribution in [3.63, 3.8) is 0 Å². The highest BCUT2D eigenvalue weighted by atomic mass is 16.5. The molecule has 2 aromatic carbocycles. The third-order valence-corrected chi connectivity index (χ3v) is 5.05. The molecule has 0 saturated carbocycles. The van der Waals surface area contributed by atoms with Gasteiger partial charge in [-0.1, -0.05) is 34.6 Å². The summed E-state index contributed by atoms with van der Waals surface area (Å²) in [4.78, 5) is 17.3. The van der Waals surface area contributed by atoms with Crippen LogP contribution in [-0.4, -0.2) is 38.2 Å². The molecule has 0 fully saturated rings. The van der Waals surface area contributed by atoms with Crippen molar-refractivity contribution in [3.8, 4) is 23.0 Å². The summed E-state index contributed by atoms with van der Waals surface area (Å²) in [5.74, 6) is 0.909. The highest BCUT2D eigenvalue weighted by Gasteiger charge is 2.17. The second-order valence-electron chi connectivity index (χ2n) is 7.46. The largest absolute Gasteiger partial charge is 0.493 e. The molecule has 34 heavy (non-hydrogen) atoms. The fourth-order valence-electron chi connectivity index (χ4n) is 3.37. The van der Waals surface area contributed by atoms with Crippen molar-refractivity contribution in [3.05, 3.63) is 78.2 Å². The molecule has 0 saturated heterocycles. The standard InChI is InChI=1S/C24H20N6O4/c1-30-13-20(27-29-30)22-12-19(28-34-22)24(31)26-16-9-10-21(32-2)23(11-16)33-14-17-8-7-15-5-3-4-6-18(15)25-17/h3-13H,14H2,1-2H3,(H,26,31). The van der Waals surface area contributed by atoms with E-state index in [2.05, 4.69) is 25.8 Å². The number of amides is 1. The molecular weight excluding hydrogens is 436 g/mol. The van der Waals surface area contributed by atoms with Crippen LogP contribution >= 0.6 is 0 Å². The molecule has 5 rings (SSSR count). The normalized spacial score (nSPS) is 10.9. The number of ether oxygens (including phenoxy) is 2. The van der Waals surface area contributed by atoms with Crippen LogP contribution in [0.25, 0.3) is 22.4 Å². The van der Waals surface area contributed by atoms with Gasteiger partial charge in [0.2, 0.25) is 0 Å². The average molecular weight is 456 g/mol. The highest BCUT2D eigenvalue weighted by molar-refractivity contribution is 6.03. The Balaban J connectivity index is 1.30. The third-order valence-electron chi connectivity index (χ3n) is 5.05. The highest BCUT2D eigenvalue weighted by Crippen LogP contribution is 2.31. The number of fused-ring (bicyclic) bond motifs is 1. The van der Waals surface area contributed by atoms with Crippen LogP contribution in [0, 0.1) is 0 Å². The van der Waals surface area contributed by atoms with Crippen LogP contribution in [0.2, 0.25) is 0 Å². The summed E-state index contributed by atoms with van der Waals surface area (Å²) in [5.41, 5.74) is 2.77. The second-order valence-corrected chi connectivity index (χ2v) is 7.46. The molecule has 3 aromatic heterocycles. The van der Waals surface area contributed by atoms with Gasteiger partial charge in [-0.3, -0.25) is 9.48 Å². The van der Waals surface area contributed by atoms with E-state index in [9.17, 15) is 4.79 Å². The molecule has 0 atom stereocenters. The third kappa shape index (κ3) is 4.42. The van der Waals surface area contributed by atoms with Crippen LogP contribution in [0.3, 0.4) is 0 Å². The topological polar surface area (TPSA) is 117 Å². The number of benzene rings is 2. The maximum atomic E-state index is 12.7. The summed E-state index contributed by atoms with van der Waals surface area (Å²) in [6.07, 6.45) is 1.67. The van der Waals surface area contributed by atoms with E-state index in [0.717, 1.165) is 16.6 Å². The number of nitrogens with zero attached hydrogens (tertiary/aromatic N) is 5. The molecule has 1 N–H and O–H groups in total. The Hall–Kier alpha value is -4.73. The lowest BCUT2D eigenvalue weighted by molar-refractivity contribution is 0.101. The van der Waals surface area contributed by atoms with E-state index in [0.29, 0.717) is 28.6 Å². The van der Waals surface area contributed by atoms with Gasteiger partial charge in [0.1, 0.15) is 6.61 Å². The second kappa shape index (κ2) is 9.02. The van der Waals surface area contributed by atoms with Gasteiger partial charge in [-0.15, -0.1) is 5.10 Å². The van der Waals surface area contributed by atoms with Crippen molar-refractivity contribution in [1.82, 2.24) is 25.1 Å². The molecule has 3 heterocycles. The monoisotopic (exact) mass is 456 g/mol. The first-order valence-electron chi connectivity index (χ1n) is 10.4. The number of nitrogens with one attached hydrogen (secondary N) is 1. The average Bonchev–Trinajstić information content (AvgIpc) is 3.52. The Morgan fingerprint density at radius 3 is 2.79 bits per heavy atom. The molecule has 0 bridgehead atoms. The predicted octanol–water partition coefficient (Wildman–Crippen LogP) is 3.86. The summed E-state index contributed by atoms with van der Waals surface area (Å²) >= 11 is 0. The number of carbonyl (C=O) groups excluding carboxylic acids is 1. The molecule has 0 unspecified atom stereocenters. The first kappa shape index (κ1) is 21.1. The van der Waals surface area contributed by atoms with Crippen LogP contribution < -0.4 is 14.8 Å². The van der Waals surface area contributed by atoms with Crippen LogP contribution in [0.5, 0.6) is 11.5 Å². The van der Waals surface area contributed by atoms with Crippen molar-refractivity contribution < 1.29 is 18.8 Å². The number of rotatable bonds is 7. The molecule has 0 aliphatic heterocycles. The van der Waals surface area contributed by atoms with Crippen molar-refractivity contribution >= 4 is 22.5 Å². The van der Waals surface area contributed by atoms with Crippen molar-refractivity contribution in [2.75, 3.05) is 12.4 Å². The Morgan fingerprint density at radius 1 is 1.09 bits per heavy atom. The first-order chi connectivity index (χ1) is 16.6. The van der Waals surface area contributed by atoms with Gasteiger partial charge in [0.05, 0.1) is 24.5 Å². The number of para-hydroxylation sites is 1. The van der Waals surface area contributed by atoms with Gasteiger partial charge in [0.15, 0.2) is 28.6 Å². The maximum Gasteiger partial charge on any atom is 0.277 e. The number of hydrogen-bond donors (Lipinski definition) is 1. The van der Waals surface area contributed by atoms with Gasteiger partial charge >= 0.3 is 0 Å². The molecule has 0 aliphatic rings. The molecule has 10 nitrogen and oxygen atoms in total. The van der Waals surface area contributed by atoms with E-state index in [1.165, 1.54) is 10.7 Å². The van der Waals surface area contributed by atoms with E-state index in [-0.39, 0.29) is 12.3 Å². The summed E-state index contributed by atoms with van der Waals surface area (Å²) in [7, 11) is 3.29. The Kier molecular flexibility index (Phi) is 5.61. The number of hydrogen-bond acceptors (Lipinski definition) is 8. The zero-order valence-corrected chi connectivity index (χ0v) is 18.4. The van der Waals surface area contributed by atoms with E-state index >= 15 is 0 Å². The molecule has 10 heteroatoms. The summed E-state index contributed by atoms with van der Waals surface area (Å²) in [6, 6.07) is 18.4. The SMILES string of the molecule is COc1ccc(NC(=O)c2cc(-c3cn(C)nn3)on2)cc1OCc1ccc2ccccc2n1. The molecule has 5 aromatic rings. The van der Waals surface area contributed by atoms with Gasteiger partial charge < -0.3 is 19.3 Å². The zero-order valence-electron chi connectivity index (χ0n) is 18.4. The molecular formula is C24H20N6O4. The Bertz CT molecular complexity index is 1480. The van der Waals surface area contributed by atoms with Crippen molar-refractivity contribution in [2.24, 2.45) is 7.05 Å². The lowest BCUT2D eigenvalue weighted by Gasteiger charge is -2.13. The fourth-order valence-corrected chi connectivity index (χ4v) is 3.37. The van der Waals surface area contributed by atoms with Crippen molar-refractivity contribution in [2.45, 2.75) is 6.61 Å². The number of aromatic nitrogens is 5. The number of aryl methyl sites for hydroxylation is 1. The molecule has 0 spiro atoms. The number of carbonyl (C=O) groups is 1. The molecule has 170 valence electrons. The Morgan fingerprint density at radius 2 is 1.97 bits per heavy atom. The van der Waals surface area contributed by atoms with Crippen LogP contribution in [0.4, 0.5) is 5.69 Å². The first-order valence-corrected chi connectivity index (χ1v) is 10.4. The van der Waals surface area contributed by atoms with E-state index in [1.807, 2.05) is 36.4 Å². The number of pyridine rings is 1. The minimum atomic E-state index is -0.439. The number of anilines is 1. The van der Waals surface area contributed by atoms with E-state index < -0.39 is 5.91 Å². The van der Waals surface area contributed by atoms with Gasteiger partial charge in [0.25, 0.3) is 5.91 Å². The fraction of sp³-hybridized carbons (Fsp3) is 0.125. The van der Waals surface area contributed by atoms with E-state index in [1.54, 1.807) is 38.6 Å². The zero-order chi connectivity index (χ0) is 23.5. The summed E-state index contributed by atoms with van der Waals surface area (Å²) in [5, 5.41) is 15.5. The molecule has 0 aliphatic carbocycles. The van der Waals surface area contributed by atoms with Crippen LogP contribution in [0.15, 0.2) is 71.4 Å². The summed E-state index contributed by atoms with van der Waals surface area (Å²) in [6.45, 7) is 0.239. The lowest BCUT2D eigenvalue weighted by Crippen LogP contribution is -2.12. The van der Waals surface area contributed by atoms with Crippen LogP contribution in [0.1, 0.15) is 16.2 Å². The van der Waals surface area contributed by atoms with Crippen molar-refractivity contribution in [1.29, 1.82) is 0 Å². The lowest BCUT2D eigenvalue weighted by atomic mass is 10.2. The predicted molar refractivity (Wildman–Crippen MR) is 124 cm³/mol. The van der Waals surface area contributed by atoms with Gasteiger partial charge in [-0.25, -0.2) is 4.98 Å². The van der Waals surface area contributed by atoms with E-state index in [4.69, 9.17) is 14.0 Å². The van der Waals surface area contributed by atoms with Gasteiger partial charge in [-0.05, 0) is 24.3 Å². The molecule has 0 radical (unpaired) electrons. The minimum absolute atomic E-state index is 0.110. The molecule has 1 amide bonds.